The number of likely N-dealkylation sites (tertiary alicyclic amines) is 1. The Labute approximate surface area is 151 Å². The molecule has 1 atom stereocenters. The molecular formula is C18H20ClNO5. The number of rotatable bonds is 4. The van der Waals surface area contributed by atoms with Crippen molar-refractivity contribution < 1.29 is 23.8 Å². The molecule has 0 radical (unpaired) electrons. The minimum Gasteiger partial charge on any atom is -0.454 e. The van der Waals surface area contributed by atoms with Crippen LogP contribution < -0.4 is 9.47 Å². The standard InChI is InChI=1S/C18H20ClNO5/c1-12-3-2-6-20(9-12)16(21)10-23-17(22)5-4-13-7-14(19)18-15(8-13)24-11-25-18/h4-5,7-8,12H,2-3,6,9-11H2,1H3/b5-4+/t12-/m0/s1. The van der Waals surface area contributed by atoms with Gasteiger partial charge < -0.3 is 19.1 Å². The van der Waals surface area contributed by atoms with Crippen LogP contribution in [0.15, 0.2) is 18.2 Å². The van der Waals surface area contributed by atoms with E-state index < -0.39 is 5.97 Å². The quantitative estimate of drug-likeness (QED) is 0.606. The van der Waals surface area contributed by atoms with Crippen molar-refractivity contribution in [3.8, 4) is 11.5 Å². The van der Waals surface area contributed by atoms with Crippen molar-refractivity contribution in [2.24, 2.45) is 5.92 Å². The molecule has 0 N–H and O–H groups in total. The number of carbonyl (C=O) groups is 2. The van der Waals surface area contributed by atoms with Crippen molar-refractivity contribution in [1.29, 1.82) is 0 Å². The SMILES string of the molecule is C[C@H]1CCCN(C(=O)COC(=O)/C=C/c2cc(Cl)c3c(c2)OCO3)C1. The van der Waals surface area contributed by atoms with E-state index >= 15 is 0 Å². The highest BCUT2D eigenvalue weighted by molar-refractivity contribution is 6.32. The van der Waals surface area contributed by atoms with Gasteiger partial charge in [0.25, 0.3) is 5.91 Å². The van der Waals surface area contributed by atoms with Gasteiger partial charge in [-0.1, -0.05) is 18.5 Å². The van der Waals surface area contributed by atoms with E-state index in [1.54, 1.807) is 23.1 Å². The molecule has 134 valence electrons. The third-order valence-corrected chi connectivity index (χ3v) is 4.49. The minimum atomic E-state index is -0.577. The molecule has 2 heterocycles. The number of esters is 1. The second kappa shape index (κ2) is 7.78. The molecule has 0 bridgehead atoms. The zero-order chi connectivity index (χ0) is 17.8. The second-order valence-electron chi connectivity index (χ2n) is 6.26. The number of benzene rings is 1. The lowest BCUT2D eigenvalue weighted by Crippen LogP contribution is -2.41. The number of amides is 1. The zero-order valence-corrected chi connectivity index (χ0v) is 14.8. The fourth-order valence-corrected chi connectivity index (χ4v) is 3.21. The van der Waals surface area contributed by atoms with Gasteiger partial charge in [0.05, 0.1) is 5.02 Å². The lowest BCUT2D eigenvalue weighted by atomic mass is 10.0. The summed E-state index contributed by atoms with van der Waals surface area (Å²) in [4.78, 5) is 25.6. The summed E-state index contributed by atoms with van der Waals surface area (Å²) < 4.78 is 15.5. The molecule has 0 aromatic heterocycles. The number of piperidine rings is 1. The van der Waals surface area contributed by atoms with Crippen molar-refractivity contribution in [1.82, 2.24) is 4.90 Å². The van der Waals surface area contributed by atoms with E-state index in [0.29, 0.717) is 28.0 Å². The monoisotopic (exact) mass is 365 g/mol. The van der Waals surface area contributed by atoms with Crippen molar-refractivity contribution in [3.63, 3.8) is 0 Å². The van der Waals surface area contributed by atoms with Gasteiger partial charge in [-0.05, 0) is 42.5 Å². The van der Waals surface area contributed by atoms with Gasteiger partial charge in [-0.2, -0.15) is 0 Å². The lowest BCUT2D eigenvalue weighted by Gasteiger charge is -2.30. The van der Waals surface area contributed by atoms with Crippen molar-refractivity contribution in [2.75, 3.05) is 26.5 Å². The van der Waals surface area contributed by atoms with Crippen LogP contribution in [-0.4, -0.2) is 43.3 Å². The highest BCUT2D eigenvalue weighted by atomic mass is 35.5. The molecule has 1 fully saturated rings. The Morgan fingerprint density at radius 1 is 1.40 bits per heavy atom. The van der Waals surface area contributed by atoms with Crippen LogP contribution in [0.25, 0.3) is 6.08 Å². The normalized spacial score (nSPS) is 19.3. The summed E-state index contributed by atoms with van der Waals surface area (Å²) in [6, 6.07) is 3.39. The van der Waals surface area contributed by atoms with Crippen LogP contribution in [0, 0.1) is 5.92 Å². The van der Waals surface area contributed by atoms with Crippen LogP contribution >= 0.6 is 11.6 Å². The topological polar surface area (TPSA) is 65.1 Å². The van der Waals surface area contributed by atoms with E-state index in [1.165, 1.54) is 6.08 Å². The molecule has 25 heavy (non-hydrogen) atoms. The van der Waals surface area contributed by atoms with E-state index in [-0.39, 0.29) is 19.3 Å². The number of nitrogens with zero attached hydrogens (tertiary/aromatic N) is 1. The van der Waals surface area contributed by atoms with Crippen LogP contribution in [-0.2, 0) is 14.3 Å². The molecule has 6 nitrogen and oxygen atoms in total. The number of carbonyl (C=O) groups excluding carboxylic acids is 2. The number of hydrogen-bond donors (Lipinski definition) is 0. The van der Waals surface area contributed by atoms with Gasteiger partial charge in [0.15, 0.2) is 18.1 Å². The molecule has 0 aliphatic carbocycles. The number of ether oxygens (including phenoxy) is 3. The summed E-state index contributed by atoms with van der Waals surface area (Å²) in [5, 5.41) is 0.414. The number of fused-ring (bicyclic) bond motifs is 1. The first kappa shape index (κ1) is 17.6. The molecule has 0 spiro atoms. The van der Waals surface area contributed by atoms with Gasteiger partial charge in [-0.15, -0.1) is 0 Å². The van der Waals surface area contributed by atoms with E-state index in [1.807, 2.05) is 0 Å². The van der Waals surface area contributed by atoms with Gasteiger partial charge in [0.1, 0.15) is 0 Å². The fraction of sp³-hybridized carbons (Fsp3) is 0.444. The molecular weight excluding hydrogens is 346 g/mol. The van der Waals surface area contributed by atoms with Gasteiger partial charge in [0, 0.05) is 19.2 Å². The van der Waals surface area contributed by atoms with Crippen LogP contribution in [0.1, 0.15) is 25.3 Å². The van der Waals surface area contributed by atoms with Gasteiger partial charge in [-0.25, -0.2) is 4.79 Å². The Morgan fingerprint density at radius 3 is 3.04 bits per heavy atom. The summed E-state index contributed by atoms with van der Waals surface area (Å²) in [6.07, 6.45) is 4.94. The van der Waals surface area contributed by atoms with E-state index in [2.05, 4.69) is 6.92 Å². The van der Waals surface area contributed by atoms with E-state index in [0.717, 1.165) is 25.9 Å². The largest absolute Gasteiger partial charge is 0.454 e. The smallest absolute Gasteiger partial charge is 0.331 e. The molecule has 1 amide bonds. The predicted molar refractivity (Wildman–Crippen MR) is 92.5 cm³/mol. The molecule has 2 aliphatic heterocycles. The summed E-state index contributed by atoms with van der Waals surface area (Å²) in [7, 11) is 0. The van der Waals surface area contributed by atoms with Crippen molar-refractivity contribution >= 4 is 29.6 Å². The third-order valence-electron chi connectivity index (χ3n) is 4.21. The van der Waals surface area contributed by atoms with E-state index in [4.69, 9.17) is 25.8 Å². The Balaban J connectivity index is 1.51. The lowest BCUT2D eigenvalue weighted by molar-refractivity contribution is -0.149. The minimum absolute atomic E-state index is 0.126. The summed E-state index contributed by atoms with van der Waals surface area (Å²) in [5.74, 6) is 0.799. The maximum Gasteiger partial charge on any atom is 0.331 e. The Bertz CT molecular complexity index is 703. The Hall–Kier alpha value is -2.21. The average Bonchev–Trinajstić information content (AvgIpc) is 3.07. The molecule has 1 aromatic rings. The Kier molecular flexibility index (Phi) is 5.48. The average molecular weight is 366 g/mol. The van der Waals surface area contributed by atoms with Crippen LogP contribution in [0.4, 0.5) is 0 Å². The van der Waals surface area contributed by atoms with Crippen LogP contribution in [0.2, 0.25) is 5.02 Å². The Morgan fingerprint density at radius 2 is 2.24 bits per heavy atom. The number of halogens is 1. The summed E-state index contributed by atoms with van der Waals surface area (Å²) in [5.41, 5.74) is 0.683. The molecule has 2 aliphatic rings. The van der Waals surface area contributed by atoms with Gasteiger partial charge >= 0.3 is 5.97 Å². The zero-order valence-electron chi connectivity index (χ0n) is 14.0. The fourth-order valence-electron chi connectivity index (χ4n) is 2.94. The van der Waals surface area contributed by atoms with E-state index in [9.17, 15) is 9.59 Å². The highest BCUT2D eigenvalue weighted by Gasteiger charge is 2.21. The van der Waals surface area contributed by atoms with Crippen LogP contribution in [0.5, 0.6) is 11.5 Å². The highest BCUT2D eigenvalue weighted by Crippen LogP contribution is 2.40. The maximum absolute atomic E-state index is 12.1. The third kappa shape index (κ3) is 4.45. The summed E-state index contributed by atoms with van der Waals surface area (Å²) in [6.45, 7) is 3.46. The van der Waals surface area contributed by atoms with Gasteiger partial charge in [0.2, 0.25) is 6.79 Å². The predicted octanol–water partition coefficient (Wildman–Crippen LogP) is 2.88. The first-order valence-corrected chi connectivity index (χ1v) is 8.62. The molecule has 0 unspecified atom stereocenters. The molecule has 1 saturated heterocycles. The molecule has 0 saturated carbocycles. The van der Waals surface area contributed by atoms with Crippen molar-refractivity contribution in [3.05, 3.63) is 28.8 Å². The second-order valence-corrected chi connectivity index (χ2v) is 6.67. The summed E-state index contributed by atoms with van der Waals surface area (Å²) >= 11 is 6.09. The molecule has 7 heteroatoms. The molecule has 3 rings (SSSR count). The van der Waals surface area contributed by atoms with Gasteiger partial charge in [-0.3, -0.25) is 4.79 Å². The first-order valence-electron chi connectivity index (χ1n) is 8.24. The number of hydrogen-bond acceptors (Lipinski definition) is 5. The first-order chi connectivity index (χ1) is 12.0. The van der Waals surface area contributed by atoms with Crippen LogP contribution in [0.3, 0.4) is 0 Å². The molecule has 1 aromatic carbocycles. The maximum atomic E-state index is 12.1. The van der Waals surface area contributed by atoms with Crippen molar-refractivity contribution in [2.45, 2.75) is 19.8 Å².